The zero-order valence-electron chi connectivity index (χ0n) is 10.9. The maximum atomic E-state index is 12.3. The second kappa shape index (κ2) is 4.52. The Labute approximate surface area is 105 Å². The third kappa shape index (κ3) is 2.37. The number of sulfonamides is 1. The highest BCUT2D eigenvalue weighted by atomic mass is 32.2. The molecule has 4 nitrogen and oxygen atoms in total. The van der Waals surface area contributed by atoms with Gasteiger partial charge in [0.2, 0.25) is 10.0 Å². The van der Waals surface area contributed by atoms with Crippen LogP contribution in [0.3, 0.4) is 0 Å². The summed E-state index contributed by atoms with van der Waals surface area (Å²) in [5, 5.41) is -0.131. The molecule has 2 atom stereocenters. The first-order valence-electron chi connectivity index (χ1n) is 6.60. The van der Waals surface area contributed by atoms with Crippen molar-refractivity contribution < 1.29 is 8.42 Å². The minimum absolute atomic E-state index is 0.131. The van der Waals surface area contributed by atoms with Gasteiger partial charge in [-0.05, 0) is 31.6 Å². The van der Waals surface area contributed by atoms with E-state index in [9.17, 15) is 8.42 Å². The van der Waals surface area contributed by atoms with Gasteiger partial charge in [0, 0.05) is 19.1 Å². The van der Waals surface area contributed by atoms with Gasteiger partial charge in [-0.15, -0.1) is 0 Å². The maximum absolute atomic E-state index is 12.3. The predicted octanol–water partition coefficient (Wildman–Crippen LogP) is 1.32. The number of likely N-dealkylation sites (N-methyl/N-ethyl adjacent to an activating group) is 1. The first-order valence-corrected chi connectivity index (χ1v) is 8.10. The van der Waals surface area contributed by atoms with Crippen LogP contribution in [0, 0.1) is 5.92 Å². The Morgan fingerprint density at radius 2 is 2.00 bits per heavy atom. The van der Waals surface area contributed by atoms with Crippen LogP contribution < -0.4 is 5.73 Å². The zero-order valence-corrected chi connectivity index (χ0v) is 11.7. The summed E-state index contributed by atoms with van der Waals surface area (Å²) in [6.07, 6.45) is 5.75. The van der Waals surface area contributed by atoms with Gasteiger partial charge < -0.3 is 5.73 Å². The minimum Gasteiger partial charge on any atom is -0.329 e. The molecule has 100 valence electrons. The van der Waals surface area contributed by atoms with E-state index >= 15 is 0 Å². The topological polar surface area (TPSA) is 63.4 Å². The third-order valence-corrected chi connectivity index (χ3v) is 6.91. The van der Waals surface area contributed by atoms with Gasteiger partial charge in [-0.1, -0.05) is 19.8 Å². The summed E-state index contributed by atoms with van der Waals surface area (Å²) < 4.78 is 26.3. The fourth-order valence-electron chi connectivity index (χ4n) is 3.09. The molecule has 0 aromatic rings. The summed E-state index contributed by atoms with van der Waals surface area (Å²) in [6, 6.07) is 0. The summed E-state index contributed by atoms with van der Waals surface area (Å²) in [4.78, 5) is 0. The molecule has 2 unspecified atom stereocenters. The smallest absolute Gasteiger partial charge is 0.217 e. The van der Waals surface area contributed by atoms with Crippen LogP contribution in [-0.4, -0.2) is 37.1 Å². The van der Waals surface area contributed by atoms with E-state index in [0.29, 0.717) is 12.5 Å². The van der Waals surface area contributed by atoms with Crippen LogP contribution in [0.25, 0.3) is 0 Å². The molecule has 2 rings (SSSR count). The molecule has 0 bridgehead atoms. The van der Waals surface area contributed by atoms with Crippen LogP contribution in [-0.2, 0) is 10.0 Å². The van der Waals surface area contributed by atoms with Gasteiger partial charge in [-0.25, -0.2) is 8.42 Å². The number of hydrogen-bond donors (Lipinski definition) is 1. The van der Waals surface area contributed by atoms with E-state index in [1.54, 1.807) is 11.4 Å². The van der Waals surface area contributed by atoms with Gasteiger partial charge >= 0.3 is 0 Å². The van der Waals surface area contributed by atoms with Crippen molar-refractivity contribution in [3.63, 3.8) is 0 Å². The lowest BCUT2D eigenvalue weighted by Crippen LogP contribution is -2.57. The SMILES string of the molecule is CC1CCCC(CN)(N(C)S(=O)(=O)C2CC2)C1. The van der Waals surface area contributed by atoms with Crippen molar-refractivity contribution in [2.24, 2.45) is 11.7 Å². The van der Waals surface area contributed by atoms with Crippen molar-refractivity contribution in [3.8, 4) is 0 Å². The largest absolute Gasteiger partial charge is 0.329 e. The monoisotopic (exact) mass is 260 g/mol. The lowest BCUT2D eigenvalue weighted by Gasteiger charge is -2.45. The van der Waals surface area contributed by atoms with Crippen molar-refractivity contribution >= 4 is 10.0 Å². The van der Waals surface area contributed by atoms with Crippen molar-refractivity contribution in [3.05, 3.63) is 0 Å². The number of hydrogen-bond acceptors (Lipinski definition) is 3. The number of rotatable bonds is 4. The van der Waals surface area contributed by atoms with E-state index in [0.717, 1.165) is 32.1 Å². The van der Waals surface area contributed by atoms with Gasteiger partial charge in [0.25, 0.3) is 0 Å². The molecule has 5 heteroatoms. The average Bonchev–Trinajstić information content (AvgIpc) is 3.11. The molecule has 0 heterocycles. The van der Waals surface area contributed by atoms with Crippen LogP contribution in [0.5, 0.6) is 0 Å². The second-order valence-electron chi connectivity index (χ2n) is 5.84. The lowest BCUT2D eigenvalue weighted by molar-refractivity contribution is 0.127. The van der Waals surface area contributed by atoms with Crippen molar-refractivity contribution in [2.75, 3.05) is 13.6 Å². The Morgan fingerprint density at radius 3 is 2.47 bits per heavy atom. The molecule has 0 aromatic heterocycles. The summed E-state index contributed by atoms with van der Waals surface area (Å²) in [6.45, 7) is 2.64. The Balaban J connectivity index is 2.22. The fraction of sp³-hybridized carbons (Fsp3) is 1.00. The molecule has 0 amide bonds. The van der Waals surface area contributed by atoms with Gasteiger partial charge in [0.15, 0.2) is 0 Å². The second-order valence-corrected chi connectivity index (χ2v) is 8.09. The molecule has 2 fully saturated rings. The standard InChI is InChI=1S/C12H24N2O2S/c1-10-4-3-7-12(8-10,9-13)14(2)17(15,16)11-5-6-11/h10-11H,3-9,13H2,1-2H3. The molecule has 2 saturated carbocycles. The predicted molar refractivity (Wildman–Crippen MR) is 69.1 cm³/mol. The summed E-state index contributed by atoms with van der Waals surface area (Å²) in [5.41, 5.74) is 5.59. The van der Waals surface area contributed by atoms with Crippen molar-refractivity contribution in [2.45, 2.75) is 56.2 Å². The highest BCUT2D eigenvalue weighted by Crippen LogP contribution is 2.40. The first kappa shape index (κ1) is 13.3. The van der Waals surface area contributed by atoms with Crippen molar-refractivity contribution in [1.82, 2.24) is 4.31 Å². The Morgan fingerprint density at radius 1 is 1.35 bits per heavy atom. The molecule has 17 heavy (non-hydrogen) atoms. The molecule has 0 spiro atoms. The molecule has 2 aliphatic rings. The fourth-order valence-corrected chi connectivity index (χ4v) is 5.05. The first-order chi connectivity index (χ1) is 7.92. The van der Waals surface area contributed by atoms with E-state index in [2.05, 4.69) is 6.92 Å². The van der Waals surface area contributed by atoms with E-state index in [1.165, 1.54) is 6.42 Å². The normalized spacial score (nSPS) is 35.2. The molecular formula is C12H24N2O2S. The molecule has 2 N–H and O–H groups in total. The van der Waals surface area contributed by atoms with Gasteiger partial charge in [-0.3, -0.25) is 0 Å². The van der Waals surface area contributed by atoms with Gasteiger partial charge in [0.05, 0.1) is 5.25 Å². The van der Waals surface area contributed by atoms with Crippen LogP contribution >= 0.6 is 0 Å². The molecular weight excluding hydrogens is 236 g/mol. The van der Waals surface area contributed by atoms with Crippen LogP contribution in [0.1, 0.15) is 45.4 Å². The average molecular weight is 260 g/mol. The minimum atomic E-state index is -3.11. The Hall–Kier alpha value is -0.130. The summed E-state index contributed by atoms with van der Waals surface area (Å²) in [7, 11) is -1.37. The molecule has 0 aromatic carbocycles. The van der Waals surface area contributed by atoms with Gasteiger partial charge in [0.1, 0.15) is 0 Å². The van der Waals surface area contributed by atoms with Gasteiger partial charge in [-0.2, -0.15) is 4.31 Å². The Bertz CT molecular complexity index is 378. The molecule has 0 aliphatic heterocycles. The summed E-state index contributed by atoms with van der Waals surface area (Å²) in [5.74, 6) is 0.573. The zero-order chi connectivity index (χ0) is 12.7. The van der Waals surface area contributed by atoms with Crippen LogP contribution in [0.15, 0.2) is 0 Å². The maximum Gasteiger partial charge on any atom is 0.217 e. The highest BCUT2D eigenvalue weighted by molar-refractivity contribution is 7.90. The number of nitrogens with two attached hydrogens (primary N) is 1. The third-order valence-electron chi connectivity index (χ3n) is 4.44. The van der Waals surface area contributed by atoms with Crippen molar-refractivity contribution in [1.29, 1.82) is 0 Å². The quantitative estimate of drug-likeness (QED) is 0.829. The summed E-state index contributed by atoms with van der Waals surface area (Å²) >= 11 is 0. The van der Waals surface area contributed by atoms with Crippen LogP contribution in [0.4, 0.5) is 0 Å². The molecule has 0 saturated heterocycles. The van der Waals surface area contributed by atoms with E-state index in [-0.39, 0.29) is 10.8 Å². The highest BCUT2D eigenvalue weighted by Gasteiger charge is 2.48. The molecule has 0 radical (unpaired) electrons. The molecule has 2 aliphatic carbocycles. The van der Waals surface area contributed by atoms with E-state index in [4.69, 9.17) is 5.73 Å². The van der Waals surface area contributed by atoms with E-state index in [1.807, 2.05) is 0 Å². The van der Waals surface area contributed by atoms with Crippen LogP contribution in [0.2, 0.25) is 0 Å². The van der Waals surface area contributed by atoms with E-state index < -0.39 is 10.0 Å². The number of nitrogens with zero attached hydrogens (tertiary/aromatic N) is 1. The lowest BCUT2D eigenvalue weighted by atomic mass is 9.76. The Kier molecular flexibility index (Phi) is 3.54.